The predicted molar refractivity (Wildman–Crippen MR) is 117 cm³/mol. The Morgan fingerprint density at radius 3 is 2.70 bits per heavy atom. The van der Waals surface area contributed by atoms with Gasteiger partial charge < -0.3 is 4.98 Å². The highest BCUT2D eigenvalue weighted by atomic mass is 32.2. The molecule has 4 heterocycles. The van der Waals surface area contributed by atoms with Gasteiger partial charge in [0.05, 0.1) is 11.8 Å². The third-order valence-electron chi connectivity index (χ3n) is 6.00. The van der Waals surface area contributed by atoms with E-state index >= 15 is 0 Å². The minimum absolute atomic E-state index is 0.179. The average Bonchev–Trinajstić information content (AvgIpc) is 3.31. The van der Waals surface area contributed by atoms with Crippen molar-refractivity contribution in [2.75, 3.05) is 19.3 Å². The van der Waals surface area contributed by atoms with Crippen LogP contribution in [0, 0.1) is 5.92 Å². The van der Waals surface area contributed by atoms with Crippen LogP contribution in [0.5, 0.6) is 0 Å². The molecule has 5 rings (SSSR count). The van der Waals surface area contributed by atoms with Crippen LogP contribution in [0.25, 0.3) is 33.2 Å². The molecule has 1 aliphatic heterocycles. The minimum Gasteiger partial charge on any atom is -0.361 e. The number of sulfonamides is 1. The number of nitrogens with one attached hydrogen (secondary N) is 2. The van der Waals surface area contributed by atoms with Gasteiger partial charge in [0, 0.05) is 43.1 Å². The zero-order valence-corrected chi connectivity index (χ0v) is 17.4. The number of nitrogens with zero attached hydrogens (tertiary/aromatic N) is 3. The van der Waals surface area contributed by atoms with Crippen molar-refractivity contribution in [1.29, 1.82) is 0 Å². The Labute approximate surface area is 173 Å². The molecule has 0 spiro atoms. The molecule has 0 bridgehead atoms. The van der Waals surface area contributed by atoms with E-state index in [0.717, 1.165) is 40.4 Å². The fourth-order valence-corrected chi connectivity index (χ4v) is 5.16. The summed E-state index contributed by atoms with van der Waals surface area (Å²) in [7, 11) is -3.16. The molecule has 1 saturated heterocycles. The molecule has 4 aromatic rings. The Bertz CT molecular complexity index is 1390. The van der Waals surface area contributed by atoms with Gasteiger partial charge in [-0.1, -0.05) is 6.07 Å². The SMILES string of the molecule is CS(=O)(=O)N1CCC(Cn2c(=O)[nH]c3ncc(-c4ccc5[nH]ccc5c4)cc32)CC1. The van der Waals surface area contributed by atoms with Crippen molar-refractivity contribution in [2.24, 2.45) is 5.92 Å². The number of imidazole rings is 1. The lowest BCUT2D eigenvalue weighted by molar-refractivity contribution is 0.254. The van der Waals surface area contributed by atoms with Crippen LogP contribution in [-0.2, 0) is 16.6 Å². The van der Waals surface area contributed by atoms with Crippen LogP contribution in [0.4, 0.5) is 0 Å². The fraction of sp³-hybridized carbons (Fsp3) is 0.333. The van der Waals surface area contributed by atoms with Crippen molar-refractivity contribution in [2.45, 2.75) is 19.4 Å². The highest BCUT2D eigenvalue weighted by molar-refractivity contribution is 7.88. The van der Waals surface area contributed by atoms with E-state index in [2.05, 4.69) is 21.0 Å². The second-order valence-corrected chi connectivity index (χ2v) is 10.0. The van der Waals surface area contributed by atoms with Gasteiger partial charge in [-0.3, -0.25) is 9.55 Å². The van der Waals surface area contributed by atoms with Crippen LogP contribution in [0.2, 0.25) is 0 Å². The minimum atomic E-state index is -3.16. The molecule has 0 radical (unpaired) electrons. The summed E-state index contributed by atoms with van der Waals surface area (Å²) in [5, 5.41) is 1.12. The number of piperidine rings is 1. The Kier molecular flexibility index (Phi) is 4.52. The summed E-state index contributed by atoms with van der Waals surface area (Å²) in [6.45, 7) is 1.56. The Balaban J connectivity index is 1.45. The molecule has 1 fully saturated rings. The first-order valence-electron chi connectivity index (χ1n) is 10.00. The summed E-state index contributed by atoms with van der Waals surface area (Å²) in [6.07, 6.45) is 6.41. The number of hydrogen-bond donors (Lipinski definition) is 2. The second-order valence-electron chi connectivity index (χ2n) is 8.02. The van der Waals surface area contributed by atoms with Gasteiger partial charge >= 0.3 is 5.69 Å². The number of aromatic amines is 2. The van der Waals surface area contributed by atoms with Gasteiger partial charge in [-0.2, -0.15) is 0 Å². The van der Waals surface area contributed by atoms with Crippen LogP contribution in [0.3, 0.4) is 0 Å². The Hall–Kier alpha value is -2.91. The number of benzene rings is 1. The summed E-state index contributed by atoms with van der Waals surface area (Å²) >= 11 is 0. The quantitative estimate of drug-likeness (QED) is 0.524. The molecule has 0 unspecified atom stereocenters. The predicted octanol–water partition coefficient (Wildman–Crippen LogP) is 2.54. The van der Waals surface area contributed by atoms with E-state index in [4.69, 9.17) is 0 Å². The highest BCUT2D eigenvalue weighted by Crippen LogP contribution is 2.26. The number of aromatic nitrogens is 4. The lowest BCUT2D eigenvalue weighted by Gasteiger charge is -2.30. The van der Waals surface area contributed by atoms with Gasteiger partial charge in [-0.05, 0) is 54.0 Å². The van der Waals surface area contributed by atoms with Gasteiger partial charge in [-0.15, -0.1) is 0 Å². The zero-order valence-electron chi connectivity index (χ0n) is 16.6. The molecule has 0 aliphatic carbocycles. The number of H-pyrrole nitrogens is 2. The molecule has 30 heavy (non-hydrogen) atoms. The monoisotopic (exact) mass is 425 g/mol. The summed E-state index contributed by atoms with van der Waals surface area (Å²) in [4.78, 5) is 23.1. The van der Waals surface area contributed by atoms with Crippen LogP contribution >= 0.6 is 0 Å². The molecule has 1 aromatic carbocycles. The fourth-order valence-electron chi connectivity index (χ4n) is 4.29. The zero-order chi connectivity index (χ0) is 20.9. The van der Waals surface area contributed by atoms with Crippen LogP contribution in [-0.4, -0.2) is 51.6 Å². The van der Waals surface area contributed by atoms with Gasteiger partial charge in [0.1, 0.15) is 0 Å². The molecule has 0 amide bonds. The summed E-state index contributed by atoms with van der Waals surface area (Å²) in [6, 6.07) is 10.2. The molecular weight excluding hydrogens is 402 g/mol. The van der Waals surface area contributed by atoms with E-state index in [0.29, 0.717) is 25.3 Å². The maximum absolute atomic E-state index is 12.6. The molecule has 1 aliphatic rings. The van der Waals surface area contributed by atoms with Gasteiger partial charge in [0.15, 0.2) is 5.65 Å². The first-order chi connectivity index (χ1) is 14.4. The number of pyridine rings is 1. The van der Waals surface area contributed by atoms with Crippen molar-refractivity contribution >= 4 is 32.1 Å². The first-order valence-corrected chi connectivity index (χ1v) is 11.8. The van der Waals surface area contributed by atoms with E-state index in [1.807, 2.05) is 30.5 Å². The molecular formula is C21H23N5O3S. The van der Waals surface area contributed by atoms with Crippen molar-refractivity contribution in [3.05, 3.63) is 53.2 Å². The smallest absolute Gasteiger partial charge is 0.327 e. The van der Waals surface area contributed by atoms with E-state index < -0.39 is 10.0 Å². The second kappa shape index (κ2) is 7.10. The van der Waals surface area contributed by atoms with Crippen molar-refractivity contribution in [3.8, 4) is 11.1 Å². The highest BCUT2D eigenvalue weighted by Gasteiger charge is 2.26. The number of rotatable bonds is 4. The number of hydrogen-bond acceptors (Lipinski definition) is 4. The third kappa shape index (κ3) is 3.44. The standard InChI is InChI=1S/C21H23N5O3S/c1-30(28,29)25-8-5-14(6-9-25)13-26-19-11-17(12-23-20(19)24-21(26)27)15-2-3-18-16(10-15)4-7-22-18/h2-4,7,10-12,14,22H,5-6,8-9,13H2,1H3,(H,23,24,27). The lowest BCUT2D eigenvalue weighted by Crippen LogP contribution is -2.39. The van der Waals surface area contributed by atoms with Crippen LogP contribution < -0.4 is 5.69 Å². The van der Waals surface area contributed by atoms with Crippen LogP contribution in [0.15, 0.2) is 47.5 Å². The van der Waals surface area contributed by atoms with Gasteiger partial charge in [0.2, 0.25) is 10.0 Å². The first kappa shape index (κ1) is 19.1. The molecule has 2 N–H and O–H groups in total. The van der Waals surface area contributed by atoms with E-state index in [1.54, 1.807) is 10.8 Å². The molecule has 0 saturated carbocycles. The summed E-state index contributed by atoms with van der Waals surface area (Å²) in [5.74, 6) is 0.250. The Morgan fingerprint density at radius 1 is 1.13 bits per heavy atom. The lowest BCUT2D eigenvalue weighted by atomic mass is 9.98. The number of fused-ring (bicyclic) bond motifs is 2. The third-order valence-corrected chi connectivity index (χ3v) is 7.30. The van der Waals surface area contributed by atoms with Crippen molar-refractivity contribution < 1.29 is 8.42 Å². The average molecular weight is 426 g/mol. The Morgan fingerprint density at radius 2 is 1.93 bits per heavy atom. The maximum atomic E-state index is 12.6. The topological polar surface area (TPSA) is 104 Å². The summed E-state index contributed by atoms with van der Waals surface area (Å²) in [5.41, 5.74) is 4.23. The van der Waals surface area contributed by atoms with E-state index in [1.165, 1.54) is 10.6 Å². The molecule has 0 atom stereocenters. The molecule has 3 aromatic heterocycles. The maximum Gasteiger partial charge on any atom is 0.327 e. The van der Waals surface area contributed by atoms with Crippen LogP contribution in [0.1, 0.15) is 12.8 Å². The molecule has 156 valence electrons. The van der Waals surface area contributed by atoms with Gasteiger partial charge in [0.25, 0.3) is 0 Å². The van der Waals surface area contributed by atoms with E-state index in [-0.39, 0.29) is 11.6 Å². The van der Waals surface area contributed by atoms with Crippen molar-refractivity contribution in [1.82, 2.24) is 23.8 Å². The molecule has 8 nitrogen and oxygen atoms in total. The van der Waals surface area contributed by atoms with E-state index in [9.17, 15) is 13.2 Å². The van der Waals surface area contributed by atoms with Gasteiger partial charge in [-0.25, -0.2) is 22.5 Å². The molecule has 9 heteroatoms. The largest absolute Gasteiger partial charge is 0.361 e. The van der Waals surface area contributed by atoms with Crippen molar-refractivity contribution in [3.63, 3.8) is 0 Å². The normalized spacial score (nSPS) is 16.6. The summed E-state index contributed by atoms with van der Waals surface area (Å²) < 4.78 is 26.7.